The van der Waals surface area contributed by atoms with Crippen LogP contribution in [-0.2, 0) is 0 Å². The monoisotopic (exact) mass is 540 g/mol. The fraction of sp³-hybridized carbons (Fsp3) is 0.947. The Morgan fingerprint density at radius 3 is 1.03 bits per heavy atom. The fourth-order valence-corrected chi connectivity index (χ4v) is 7.33. The Balaban J connectivity index is 0.000000722. The standard InChI is InChI=1S/2C19H37.Be/c2*1-3-4-5-6-7-8-9-10-11-15-19-16-13-12-14-18(2)17-19;/h2*18-19H,1,3-17H2,2H3;/q2*-1;+2. The van der Waals surface area contributed by atoms with Crippen molar-refractivity contribution in [3.05, 3.63) is 13.8 Å². The van der Waals surface area contributed by atoms with Crippen LogP contribution in [0.4, 0.5) is 0 Å². The molecule has 0 saturated heterocycles. The maximum absolute atomic E-state index is 3.90. The summed E-state index contributed by atoms with van der Waals surface area (Å²) in [4.78, 5) is 0. The maximum Gasteiger partial charge on any atom is 2.00 e. The molecule has 4 unspecified atom stereocenters. The van der Waals surface area contributed by atoms with Crippen molar-refractivity contribution < 1.29 is 0 Å². The molecule has 2 aliphatic carbocycles. The molecule has 0 amide bonds. The van der Waals surface area contributed by atoms with Gasteiger partial charge in [-0.2, -0.15) is 12.8 Å². The molecule has 0 nitrogen and oxygen atoms in total. The molecular weight excluding hydrogens is 465 g/mol. The number of rotatable bonds is 20. The summed E-state index contributed by atoms with van der Waals surface area (Å²) >= 11 is 0. The van der Waals surface area contributed by atoms with Crippen LogP contribution in [0.2, 0.25) is 0 Å². The van der Waals surface area contributed by atoms with Gasteiger partial charge < -0.3 is 13.8 Å². The van der Waals surface area contributed by atoms with Gasteiger partial charge in [-0.05, 0) is 36.5 Å². The SMILES string of the molecule is [Be+2].[CH2-]CCCCCCCCCCC1CCCCC(C)C1.[CH2-]CCCCCCCCCCC1CCCCC(C)C1. The summed E-state index contributed by atoms with van der Waals surface area (Å²) in [7, 11) is 0. The predicted molar refractivity (Wildman–Crippen MR) is 180 cm³/mol. The second-order valence-corrected chi connectivity index (χ2v) is 13.9. The second-order valence-electron chi connectivity index (χ2n) is 13.9. The van der Waals surface area contributed by atoms with E-state index in [-0.39, 0.29) is 10.1 Å². The van der Waals surface area contributed by atoms with Crippen molar-refractivity contribution in [3.8, 4) is 0 Å². The number of hydrogen-bond acceptors (Lipinski definition) is 0. The third-order valence-corrected chi connectivity index (χ3v) is 9.81. The quantitative estimate of drug-likeness (QED) is 0.0624. The van der Waals surface area contributed by atoms with Crippen LogP contribution in [-0.4, -0.2) is 10.1 Å². The molecule has 0 bridgehead atoms. The topological polar surface area (TPSA) is 0 Å². The van der Waals surface area contributed by atoms with Gasteiger partial charge in [0.05, 0.1) is 0 Å². The van der Waals surface area contributed by atoms with E-state index in [2.05, 4.69) is 27.7 Å². The molecule has 0 radical (unpaired) electrons. The molecule has 0 aromatic carbocycles. The van der Waals surface area contributed by atoms with Gasteiger partial charge in [-0.3, -0.25) is 0 Å². The van der Waals surface area contributed by atoms with Gasteiger partial charge >= 0.3 is 10.1 Å². The van der Waals surface area contributed by atoms with Crippen LogP contribution in [0.5, 0.6) is 0 Å². The average molecular weight is 540 g/mol. The maximum atomic E-state index is 3.90. The minimum atomic E-state index is 0. The van der Waals surface area contributed by atoms with Crippen molar-refractivity contribution in [2.75, 3.05) is 0 Å². The third kappa shape index (κ3) is 25.6. The molecule has 0 aromatic heterocycles. The summed E-state index contributed by atoms with van der Waals surface area (Å²) in [5.74, 6) is 4.13. The predicted octanol–water partition coefficient (Wildman–Crippen LogP) is 13.5. The molecule has 2 fully saturated rings. The summed E-state index contributed by atoms with van der Waals surface area (Å²) in [6, 6.07) is 0. The molecule has 0 aliphatic heterocycles. The Morgan fingerprint density at radius 2 is 0.692 bits per heavy atom. The molecule has 2 rings (SSSR count). The smallest absolute Gasteiger partial charge is 0.343 e. The van der Waals surface area contributed by atoms with E-state index in [4.69, 9.17) is 0 Å². The van der Waals surface area contributed by atoms with E-state index >= 15 is 0 Å². The van der Waals surface area contributed by atoms with Gasteiger partial charge in [-0.15, -0.1) is 0 Å². The van der Waals surface area contributed by atoms with Gasteiger partial charge in [0, 0.05) is 0 Å². The van der Waals surface area contributed by atoms with Gasteiger partial charge in [0.15, 0.2) is 0 Å². The van der Waals surface area contributed by atoms with E-state index in [0.29, 0.717) is 0 Å². The number of unbranched alkanes of at least 4 members (excludes halogenated alkanes) is 16. The average Bonchev–Trinajstić information content (AvgIpc) is 3.25. The largest absolute Gasteiger partial charge is 2.00 e. The summed E-state index contributed by atoms with van der Waals surface area (Å²) in [5.41, 5.74) is 0. The van der Waals surface area contributed by atoms with Crippen LogP contribution in [0.1, 0.15) is 206 Å². The zero-order valence-electron chi connectivity index (χ0n) is 27.6. The Labute approximate surface area is 253 Å². The minimum Gasteiger partial charge on any atom is -0.343 e. The fourth-order valence-electron chi connectivity index (χ4n) is 7.33. The Bertz CT molecular complexity index is 418. The molecule has 1 heteroatoms. The second kappa shape index (κ2) is 29.7. The van der Waals surface area contributed by atoms with Crippen molar-refractivity contribution >= 4 is 10.1 Å². The third-order valence-electron chi connectivity index (χ3n) is 9.81. The molecule has 4 atom stereocenters. The Kier molecular flexibility index (Phi) is 29.8. The molecule has 0 heterocycles. The summed E-state index contributed by atoms with van der Waals surface area (Å²) in [5, 5.41) is 0. The van der Waals surface area contributed by atoms with Gasteiger partial charge in [0.2, 0.25) is 0 Å². The molecule has 2 saturated carbocycles. The van der Waals surface area contributed by atoms with E-state index in [1.165, 1.54) is 180 Å². The van der Waals surface area contributed by atoms with E-state index in [9.17, 15) is 0 Å². The Morgan fingerprint density at radius 1 is 0.410 bits per heavy atom. The van der Waals surface area contributed by atoms with Crippen molar-refractivity contribution in [1.82, 2.24) is 0 Å². The normalized spacial score (nSPS) is 23.7. The van der Waals surface area contributed by atoms with Crippen LogP contribution < -0.4 is 0 Å². The molecular formula is C38H74Be. The van der Waals surface area contributed by atoms with Crippen LogP contribution in [0.15, 0.2) is 0 Å². The summed E-state index contributed by atoms with van der Waals surface area (Å²) < 4.78 is 0. The first kappa shape index (κ1) is 39.2. The molecule has 2 aliphatic rings. The van der Waals surface area contributed by atoms with Crippen molar-refractivity contribution in [2.45, 2.75) is 206 Å². The first-order valence-corrected chi connectivity index (χ1v) is 18.2. The zero-order chi connectivity index (χ0) is 27.5. The van der Waals surface area contributed by atoms with E-state index in [0.717, 1.165) is 36.5 Å². The summed E-state index contributed by atoms with van der Waals surface area (Å²) in [6.45, 7) is 12.7. The van der Waals surface area contributed by atoms with Crippen LogP contribution in [0.25, 0.3) is 0 Å². The van der Waals surface area contributed by atoms with Crippen LogP contribution in [0, 0.1) is 37.5 Å². The van der Waals surface area contributed by atoms with Crippen molar-refractivity contribution in [3.63, 3.8) is 0 Å². The van der Waals surface area contributed by atoms with Crippen molar-refractivity contribution in [1.29, 1.82) is 0 Å². The van der Waals surface area contributed by atoms with Crippen LogP contribution >= 0.6 is 0 Å². The first-order valence-electron chi connectivity index (χ1n) is 18.2. The first-order chi connectivity index (χ1) is 18.7. The van der Waals surface area contributed by atoms with Crippen molar-refractivity contribution in [2.24, 2.45) is 23.7 Å². The van der Waals surface area contributed by atoms with Gasteiger partial charge in [0.25, 0.3) is 0 Å². The summed E-state index contributed by atoms with van der Waals surface area (Å²) in [6.07, 6.45) is 43.5. The van der Waals surface area contributed by atoms with E-state index in [1.807, 2.05) is 0 Å². The minimum absolute atomic E-state index is 0. The zero-order valence-corrected chi connectivity index (χ0v) is 27.6. The molecule has 228 valence electrons. The van der Waals surface area contributed by atoms with Gasteiger partial charge in [-0.1, -0.05) is 181 Å². The van der Waals surface area contributed by atoms with Gasteiger partial charge in [0.1, 0.15) is 0 Å². The number of hydrogen-bond donors (Lipinski definition) is 0. The van der Waals surface area contributed by atoms with Gasteiger partial charge in [-0.25, -0.2) is 0 Å². The molecule has 0 N–H and O–H groups in total. The Hall–Kier alpha value is 0.169. The molecule has 0 spiro atoms. The molecule has 0 aromatic rings. The van der Waals surface area contributed by atoms with Crippen LogP contribution in [0.3, 0.4) is 0 Å². The van der Waals surface area contributed by atoms with E-state index < -0.39 is 0 Å². The van der Waals surface area contributed by atoms with E-state index in [1.54, 1.807) is 0 Å². The molecule has 39 heavy (non-hydrogen) atoms.